The summed E-state index contributed by atoms with van der Waals surface area (Å²) in [5, 5.41) is 10.4. The number of hydrogen-bond acceptors (Lipinski definition) is 4. The monoisotopic (exact) mass is 286 g/mol. The maximum Gasteiger partial charge on any atom is 0.198 e. The molecule has 2 aromatic rings. The van der Waals surface area contributed by atoms with Crippen LogP contribution in [0.15, 0.2) is 54.6 Å². The highest BCUT2D eigenvalue weighted by Gasteiger charge is 2.29. The number of ketones is 1. The van der Waals surface area contributed by atoms with Crippen LogP contribution in [-0.2, 0) is 4.74 Å². The molecule has 0 aromatic heterocycles. The van der Waals surface area contributed by atoms with Crippen LogP contribution < -0.4 is 4.74 Å². The van der Waals surface area contributed by atoms with Gasteiger partial charge in [-0.2, -0.15) is 0 Å². The van der Waals surface area contributed by atoms with Gasteiger partial charge in [-0.15, -0.1) is 0 Å². The SMILES string of the molecule is COc1ccccc1C(=O)[C@H](O)[C@H](OC)c1ccccc1. The van der Waals surface area contributed by atoms with Crippen molar-refractivity contribution in [1.82, 2.24) is 0 Å². The number of rotatable bonds is 6. The lowest BCUT2D eigenvalue weighted by atomic mass is 9.96. The Morgan fingerprint density at radius 2 is 1.62 bits per heavy atom. The molecule has 0 bridgehead atoms. The zero-order valence-electron chi connectivity index (χ0n) is 12.0. The number of Topliss-reactive ketones (excluding diaryl/α,β-unsaturated/α-hetero) is 1. The minimum Gasteiger partial charge on any atom is -0.496 e. The van der Waals surface area contributed by atoms with E-state index in [4.69, 9.17) is 9.47 Å². The summed E-state index contributed by atoms with van der Waals surface area (Å²) in [6.45, 7) is 0. The molecular formula is C17H18O4. The van der Waals surface area contributed by atoms with Crippen molar-refractivity contribution in [1.29, 1.82) is 0 Å². The Balaban J connectivity index is 2.29. The molecule has 0 heterocycles. The van der Waals surface area contributed by atoms with E-state index < -0.39 is 18.0 Å². The lowest BCUT2D eigenvalue weighted by molar-refractivity contribution is -0.00443. The first-order valence-corrected chi connectivity index (χ1v) is 6.62. The summed E-state index contributed by atoms with van der Waals surface area (Å²) in [4.78, 5) is 12.5. The fourth-order valence-electron chi connectivity index (χ4n) is 2.24. The molecule has 0 aliphatic heterocycles. The van der Waals surface area contributed by atoms with E-state index >= 15 is 0 Å². The van der Waals surface area contributed by atoms with Gasteiger partial charge in [-0.1, -0.05) is 42.5 Å². The van der Waals surface area contributed by atoms with Gasteiger partial charge in [0, 0.05) is 7.11 Å². The predicted octanol–water partition coefficient (Wildman–Crippen LogP) is 2.63. The second-order valence-electron chi connectivity index (χ2n) is 4.58. The Labute approximate surface area is 123 Å². The van der Waals surface area contributed by atoms with Gasteiger partial charge < -0.3 is 14.6 Å². The molecule has 0 unspecified atom stereocenters. The summed E-state index contributed by atoms with van der Waals surface area (Å²) in [6, 6.07) is 16.0. The Morgan fingerprint density at radius 3 is 2.24 bits per heavy atom. The second-order valence-corrected chi connectivity index (χ2v) is 4.58. The lowest BCUT2D eigenvalue weighted by Gasteiger charge is -2.21. The Morgan fingerprint density at radius 1 is 1.00 bits per heavy atom. The van der Waals surface area contributed by atoms with Gasteiger partial charge in [-0.05, 0) is 17.7 Å². The number of hydrogen-bond donors (Lipinski definition) is 1. The quantitative estimate of drug-likeness (QED) is 0.829. The fraction of sp³-hybridized carbons (Fsp3) is 0.235. The standard InChI is InChI=1S/C17H18O4/c1-20-14-11-7-6-10-13(14)15(18)16(19)17(21-2)12-8-4-3-5-9-12/h3-11,16-17,19H,1-2H3/t16-,17+/m0/s1. The van der Waals surface area contributed by atoms with Crippen molar-refractivity contribution in [3.8, 4) is 5.75 Å². The van der Waals surface area contributed by atoms with E-state index in [-0.39, 0.29) is 0 Å². The number of para-hydroxylation sites is 1. The van der Waals surface area contributed by atoms with Crippen LogP contribution in [0.4, 0.5) is 0 Å². The van der Waals surface area contributed by atoms with Crippen LogP contribution >= 0.6 is 0 Å². The number of benzene rings is 2. The molecule has 2 atom stereocenters. The van der Waals surface area contributed by atoms with E-state index in [1.165, 1.54) is 14.2 Å². The molecule has 4 nitrogen and oxygen atoms in total. The number of aliphatic hydroxyl groups is 1. The minimum atomic E-state index is -1.30. The van der Waals surface area contributed by atoms with E-state index in [1.807, 2.05) is 30.3 Å². The van der Waals surface area contributed by atoms with Crippen LogP contribution in [0.1, 0.15) is 22.0 Å². The van der Waals surface area contributed by atoms with E-state index in [2.05, 4.69) is 0 Å². The first-order chi connectivity index (χ1) is 10.2. The van der Waals surface area contributed by atoms with E-state index in [0.717, 1.165) is 5.56 Å². The molecule has 110 valence electrons. The highest BCUT2D eigenvalue weighted by Crippen LogP contribution is 2.26. The smallest absolute Gasteiger partial charge is 0.198 e. The number of methoxy groups -OCH3 is 2. The maximum absolute atomic E-state index is 12.5. The third-order valence-corrected chi connectivity index (χ3v) is 3.31. The molecule has 0 saturated heterocycles. The number of aliphatic hydroxyl groups excluding tert-OH is 1. The molecule has 0 radical (unpaired) electrons. The third kappa shape index (κ3) is 3.29. The van der Waals surface area contributed by atoms with E-state index in [0.29, 0.717) is 11.3 Å². The van der Waals surface area contributed by atoms with Gasteiger partial charge in [-0.3, -0.25) is 4.79 Å². The zero-order valence-corrected chi connectivity index (χ0v) is 12.0. The fourth-order valence-corrected chi connectivity index (χ4v) is 2.24. The lowest BCUT2D eigenvalue weighted by Crippen LogP contribution is -2.29. The first kappa shape index (κ1) is 15.2. The predicted molar refractivity (Wildman–Crippen MR) is 79.5 cm³/mol. The Bertz CT molecular complexity index is 595. The van der Waals surface area contributed by atoms with Crippen molar-refractivity contribution in [2.24, 2.45) is 0 Å². The van der Waals surface area contributed by atoms with Gasteiger partial charge in [0.15, 0.2) is 5.78 Å². The largest absolute Gasteiger partial charge is 0.496 e. The first-order valence-electron chi connectivity index (χ1n) is 6.62. The van der Waals surface area contributed by atoms with Gasteiger partial charge in [0.2, 0.25) is 0 Å². The van der Waals surface area contributed by atoms with Crippen molar-refractivity contribution in [2.75, 3.05) is 14.2 Å². The molecule has 0 amide bonds. The van der Waals surface area contributed by atoms with E-state index in [1.54, 1.807) is 24.3 Å². The molecule has 0 aliphatic rings. The minimum absolute atomic E-state index is 0.338. The summed E-state index contributed by atoms with van der Waals surface area (Å²) in [7, 11) is 2.96. The van der Waals surface area contributed by atoms with Crippen LogP contribution in [0.2, 0.25) is 0 Å². The Kier molecular flexibility index (Phi) is 5.09. The number of carbonyl (C=O) groups is 1. The highest BCUT2D eigenvalue weighted by atomic mass is 16.5. The van der Waals surface area contributed by atoms with Crippen LogP contribution in [0.25, 0.3) is 0 Å². The molecule has 0 aliphatic carbocycles. The van der Waals surface area contributed by atoms with Crippen LogP contribution in [0.5, 0.6) is 5.75 Å². The number of carbonyl (C=O) groups excluding carboxylic acids is 1. The summed E-state index contributed by atoms with van der Waals surface area (Å²) >= 11 is 0. The summed E-state index contributed by atoms with van der Waals surface area (Å²) < 4.78 is 10.5. The van der Waals surface area contributed by atoms with Crippen molar-refractivity contribution >= 4 is 5.78 Å². The van der Waals surface area contributed by atoms with Crippen LogP contribution in [0.3, 0.4) is 0 Å². The van der Waals surface area contributed by atoms with Crippen LogP contribution in [0, 0.1) is 0 Å². The van der Waals surface area contributed by atoms with Gasteiger partial charge in [0.05, 0.1) is 12.7 Å². The molecule has 0 saturated carbocycles. The number of ether oxygens (including phenoxy) is 2. The molecule has 2 aromatic carbocycles. The van der Waals surface area contributed by atoms with Gasteiger partial charge in [-0.25, -0.2) is 0 Å². The second kappa shape index (κ2) is 7.02. The molecule has 2 rings (SSSR count). The summed E-state index contributed by atoms with van der Waals surface area (Å²) in [5.74, 6) is 0.00705. The normalized spacial score (nSPS) is 13.5. The molecule has 0 fully saturated rings. The zero-order chi connectivity index (χ0) is 15.2. The Hall–Kier alpha value is -2.17. The molecule has 21 heavy (non-hydrogen) atoms. The molecular weight excluding hydrogens is 268 g/mol. The van der Waals surface area contributed by atoms with E-state index in [9.17, 15) is 9.90 Å². The van der Waals surface area contributed by atoms with Crippen LogP contribution in [-0.4, -0.2) is 31.2 Å². The third-order valence-electron chi connectivity index (χ3n) is 3.31. The average molecular weight is 286 g/mol. The van der Waals surface area contributed by atoms with Crippen molar-refractivity contribution in [3.05, 3.63) is 65.7 Å². The van der Waals surface area contributed by atoms with Gasteiger partial charge in [0.1, 0.15) is 18.0 Å². The highest BCUT2D eigenvalue weighted by molar-refractivity contribution is 6.02. The molecule has 0 spiro atoms. The molecule has 1 N–H and O–H groups in total. The average Bonchev–Trinajstić information content (AvgIpc) is 2.55. The topological polar surface area (TPSA) is 55.8 Å². The summed E-state index contributed by atoms with van der Waals surface area (Å²) in [5.41, 5.74) is 1.08. The van der Waals surface area contributed by atoms with Gasteiger partial charge in [0.25, 0.3) is 0 Å². The van der Waals surface area contributed by atoms with Crippen molar-refractivity contribution in [2.45, 2.75) is 12.2 Å². The maximum atomic E-state index is 12.5. The summed E-state index contributed by atoms with van der Waals surface area (Å²) in [6.07, 6.45) is -2.02. The van der Waals surface area contributed by atoms with Gasteiger partial charge >= 0.3 is 0 Å². The van der Waals surface area contributed by atoms with Crippen molar-refractivity contribution in [3.63, 3.8) is 0 Å². The van der Waals surface area contributed by atoms with Crippen molar-refractivity contribution < 1.29 is 19.4 Å². The molecule has 4 heteroatoms.